The lowest BCUT2D eigenvalue weighted by Gasteiger charge is -2.08. The minimum absolute atomic E-state index is 0.143. The van der Waals surface area contributed by atoms with Gasteiger partial charge in [-0.1, -0.05) is 6.92 Å². The zero-order chi connectivity index (χ0) is 12.0. The van der Waals surface area contributed by atoms with Crippen molar-refractivity contribution in [1.82, 2.24) is 5.32 Å². The third-order valence-electron chi connectivity index (χ3n) is 2.40. The smallest absolute Gasteiger partial charge is 0.127 e. The maximum absolute atomic E-state index is 13.2. The number of rotatable bonds is 6. The molecule has 0 amide bonds. The van der Waals surface area contributed by atoms with Crippen LogP contribution in [0.3, 0.4) is 0 Å². The number of halogens is 3. The topological polar surface area (TPSA) is 12.0 Å². The van der Waals surface area contributed by atoms with Gasteiger partial charge in [-0.05, 0) is 37.6 Å². The zero-order valence-corrected chi connectivity index (χ0v) is 10.0. The first-order chi connectivity index (χ1) is 7.63. The molecule has 0 saturated carbocycles. The second-order valence-corrected chi connectivity index (χ2v) is 4.32. The highest BCUT2D eigenvalue weighted by molar-refractivity contribution is 6.20. The van der Waals surface area contributed by atoms with Crippen molar-refractivity contribution in [3.8, 4) is 0 Å². The molecule has 0 aliphatic carbocycles. The average molecular weight is 248 g/mol. The predicted octanol–water partition coefficient (Wildman–Crippen LogP) is 3.46. The van der Waals surface area contributed by atoms with E-state index in [0.29, 0.717) is 18.7 Å². The second-order valence-electron chi connectivity index (χ2n) is 3.71. The minimum atomic E-state index is -0.415. The highest BCUT2D eigenvalue weighted by Crippen LogP contribution is 2.09. The van der Waals surface area contributed by atoms with Crippen molar-refractivity contribution in [2.75, 3.05) is 6.54 Å². The molecule has 1 unspecified atom stereocenters. The molecule has 0 aliphatic heterocycles. The number of hydrogen-bond acceptors (Lipinski definition) is 1. The summed E-state index contributed by atoms with van der Waals surface area (Å²) in [5, 5.41) is 3.19. The van der Waals surface area contributed by atoms with E-state index in [-0.39, 0.29) is 11.2 Å². The van der Waals surface area contributed by atoms with E-state index in [4.69, 9.17) is 11.6 Å². The van der Waals surface area contributed by atoms with Crippen molar-refractivity contribution < 1.29 is 8.78 Å². The molecule has 0 bridgehead atoms. The molecular weight excluding hydrogens is 232 g/mol. The van der Waals surface area contributed by atoms with E-state index in [2.05, 4.69) is 5.32 Å². The Morgan fingerprint density at radius 3 is 2.81 bits per heavy atom. The summed E-state index contributed by atoms with van der Waals surface area (Å²) in [6, 6.07) is 3.47. The molecule has 1 rings (SSSR count). The summed E-state index contributed by atoms with van der Waals surface area (Å²) < 4.78 is 26.0. The first-order valence-electron chi connectivity index (χ1n) is 5.42. The van der Waals surface area contributed by atoms with Crippen LogP contribution in [0.5, 0.6) is 0 Å². The van der Waals surface area contributed by atoms with Gasteiger partial charge in [0.25, 0.3) is 0 Å². The third-order valence-corrected chi connectivity index (χ3v) is 2.93. The summed E-state index contributed by atoms with van der Waals surface area (Å²) in [4.78, 5) is 0. The average Bonchev–Trinajstić information content (AvgIpc) is 2.28. The van der Waals surface area contributed by atoms with Crippen molar-refractivity contribution in [3.05, 3.63) is 35.4 Å². The summed E-state index contributed by atoms with van der Waals surface area (Å²) in [5.41, 5.74) is 0.350. The molecule has 1 N–H and O–H groups in total. The van der Waals surface area contributed by atoms with E-state index in [9.17, 15) is 8.78 Å². The van der Waals surface area contributed by atoms with Gasteiger partial charge in [-0.3, -0.25) is 0 Å². The summed E-state index contributed by atoms with van der Waals surface area (Å²) >= 11 is 5.93. The lowest BCUT2D eigenvalue weighted by Crippen LogP contribution is -2.18. The van der Waals surface area contributed by atoms with Crippen LogP contribution in [0.15, 0.2) is 18.2 Å². The van der Waals surface area contributed by atoms with Crippen LogP contribution < -0.4 is 5.32 Å². The molecule has 0 aliphatic rings. The fourth-order valence-electron chi connectivity index (χ4n) is 1.36. The van der Waals surface area contributed by atoms with Gasteiger partial charge in [-0.15, -0.1) is 11.6 Å². The number of benzene rings is 1. The molecule has 1 nitrogen and oxygen atoms in total. The minimum Gasteiger partial charge on any atom is -0.313 e. The Labute approximate surface area is 99.8 Å². The van der Waals surface area contributed by atoms with Crippen LogP contribution in [0.1, 0.15) is 25.3 Å². The monoisotopic (exact) mass is 247 g/mol. The van der Waals surface area contributed by atoms with Crippen LogP contribution in [0.25, 0.3) is 0 Å². The van der Waals surface area contributed by atoms with Gasteiger partial charge in [0.2, 0.25) is 0 Å². The fourth-order valence-corrected chi connectivity index (χ4v) is 1.47. The Morgan fingerprint density at radius 2 is 2.12 bits per heavy atom. The number of nitrogens with one attached hydrogen (secondary N) is 1. The number of hydrogen-bond donors (Lipinski definition) is 1. The van der Waals surface area contributed by atoms with E-state index < -0.39 is 5.82 Å². The zero-order valence-electron chi connectivity index (χ0n) is 9.27. The van der Waals surface area contributed by atoms with Gasteiger partial charge in [-0.2, -0.15) is 0 Å². The summed E-state index contributed by atoms with van der Waals surface area (Å²) in [6.07, 6.45) is 1.74. The van der Waals surface area contributed by atoms with E-state index in [1.807, 2.05) is 6.92 Å². The predicted molar refractivity (Wildman–Crippen MR) is 62.6 cm³/mol. The van der Waals surface area contributed by atoms with Crippen molar-refractivity contribution in [1.29, 1.82) is 0 Å². The van der Waals surface area contributed by atoms with Crippen molar-refractivity contribution in [2.45, 2.75) is 31.7 Å². The van der Waals surface area contributed by atoms with Crippen molar-refractivity contribution in [3.63, 3.8) is 0 Å². The number of alkyl halides is 1. The SMILES string of the molecule is CCC(Cl)CCNCc1cc(F)ccc1F. The first-order valence-corrected chi connectivity index (χ1v) is 5.85. The van der Waals surface area contributed by atoms with Gasteiger partial charge in [0.05, 0.1) is 0 Å². The molecule has 0 spiro atoms. The van der Waals surface area contributed by atoms with E-state index in [0.717, 1.165) is 25.0 Å². The maximum Gasteiger partial charge on any atom is 0.127 e. The molecule has 0 saturated heterocycles. The van der Waals surface area contributed by atoms with Crippen LogP contribution in [-0.2, 0) is 6.54 Å². The molecule has 0 fully saturated rings. The van der Waals surface area contributed by atoms with Gasteiger partial charge in [-0.25, -0.2) is 8.78 Å². The van der Waals surface area contributed by atoms with Gasteiger partial charge in [0, 0.05) is 17.5 Å². The molecule has 1 aromatic rings. The van der Waals surface area contributed by atoms with Crippen LogP contribution in [0.2, 0.25) is 0 Å². The van der Waals surface area contributed by atoms with Crippen molar-refractivity contribution >= 4 is 11.6 Å². The molecule has 0 aromatic heterocycles. The molecule has 0 radical (unpaired) electrons. The van der Waals surface area contributed by atoms with E-state index in [1.54, 1.807) is 0 Å². The van der Waals surface area contributed by atoms with Gasteiger partial charge < -0.3 is 5.32 Å². The van der Waals surface area contributed by atoms with Crippen LogP contribution in [-0.4, -0.2) is 11.9 Å². The third kappa shape index (κ3) is 4.45. The molecule has 4 heteroatoms. The van der Waals surface area contributed by atoms with Gasteiger partial charge in [0.15, 0.2) is 0 Å². The first kappa shape index (κ1) is 13.4. The standard InChI is InChI=1S/C12H16ClF2N/c1-2-10(13)5-6-16-8-9-7-11(14)3-4-12(9)15/h3-4,7,10,16H,2,5-6,8H2,1H3. The highest BCUT2D eigenvalue weighted by atomic mass is 35.5. The molecular formula is C12H16ClF2N. The summed E-state index contributed by atoms with van der Waals surface area (Å²) in [6.45, 7) is 3.05. The van der Waals surface area contributed by atoms with Gasteiger partial charge >= 0.3 is 0 Å². The van der Waals surface area contributed by atoms with Crippen molar-refractivity contribution in [2.24, 2.45) is 0 Å². The lowest BCUT2D eigenvalue weighted by atomic mass is 10.2. The molecule has 1 atom stereocenters. The van der Waals surface area contributed by atoms with E-state index >= 15 is 0 Å². The Kier molecular flexibility index (Phi) is 5.71. The summed E-state index contributed by atoms with van der Waals surface area (Å²) in [5.74, 6) is -0.797. The second kappa shape index (κ2) is 6.81. The van der Waals surface area contributed by atoms with E-state index in [1.165, 1.54) is 6.07 Å². The largest absolute Gasteiger partial charge is 0.313 e. The maximum atomic E-state index is 13.2. The molecule has 16 heavy (non-hydrogen) atoms. The highest BCUT2D eigenvalue weighted by Gasteiger charge is 2.04. The summed E-state index contributed by atoms with van der Waals surface area (Å²) in [7, 11) is 0. The van der Waals surface area contributed by atoms with Gasteiger partial charge in [0.1, 0.15) is 11.6 Å². The van der Waals surface area contributed by atoms with Crippen LogP contribution in [0, 0.1) is 11.6 Å². The lowest BCUT2D eigenvalue weighted by molar-refractivity contribution is 0.560. The Morgan fingerprint density at radius 1 is 1.38 bits per heavy atom. The van der Waals surface area contributed by atoms with Crippen LogP contribution >= 0.6 is 11.6 Å². The molecule has 90 valence electrons. The normalized spacial score (nSPS) is 12.8. The Balaban J connectivity index is 2.34. The van der Waals surface area contributed by atoms with Crippen LogP contribution in [0.4, 0.5) is 8.78 Å². The molecule has 1 aromatic carbocycles. The molecule has 0 heterocycles. The Hall–Kier alpha value is -0.670. The Bertz CT molecular complexity index is 331. The fraction of sp³-hybridized carbons (Fsp3) is 0.500. The quantitative estimate of drug-likeness (QED) is 0.600.